The zero-order valence-electron chi connectivity index (χ0n) is 16.3. The topological polar surface area (TPSA) is 74.8 Å². The number of nitrogens with one attached hydrogen (secondary N) is 1. The number of rotatable bonds is 6. The number of anilines is 1. The van der Waals surface area contributed by atoms with E-state index in [9.17, 15) is 9.59 Å². The molecule has 1 aromatic heterocycles. The van der Waals surface area contributed by atoms with Crippen molar-refractivity contribution in [3.05, 3.63) is 54.2 Å². The monoisotopic (exact) mass is 382 g/mol. The number of hydrogen-bond donors (Lipinski definition) is 1. The van der Waals surface area contributed by atoms with Crippen LogP contribution in [0.15, 0.2) is 48.7 Å². The van der Waals surface area contributed by atoms with Gasteiger partial charge in [0, 0.05) is 32.4 Å². The third kappa shape index (κ3) is 5.22. The lowest BCUT2D eigenvalue weighted by Gasteiger charge is -2.36. The van der Waals surface area contributed by atoms with Crippen molar-refractivity contribution in [2.24, 2.45) is 0 Å². The number of aryl methyl sites for hydroxylation is 1. The van der Waals surface area contributed by atoms with Crippen molar-refractivity contribution in [2.45, 2.75) is 19.9 Å². The van der Waals surface area contributed by atoms with Gasteiger partial charge in [-0.05, 0) is 43.7 Å². The summed E-state index contributed by atoms with van der Waals surface area (Å²) in [6.07, 6.45) is 1.77. The van der Waals surface area contributed by atoms with E-state index in [2.05, 4.69) is 15.2 Å². The number of piperazine rings is 1. The zero-order valence-corrected chi connectivity index (χ0v) is 16.3. The maximum absolute atomic E-state index is 12.6. The van der Waals surface area contributed by atoms with Gasteiger partial charge in [0.2, 0.25) is 5.91 Å². The quantitative estimate of drug-likeness (QED) is 0.822. The Morgan fingerprint density at radius 3 is 2.61 bits per heavy atom. The highest BCUT2D eigenvalue weighted by Gasteiger charge is 2.26. The van der Waals surface area contributed by atoms with Crippen LogP contribution in [0.2, 0.25) is 0 Å². The number of pyridine rings is 1. The van der Waals surface area contributed by atoms with Gasteiger partial charge in [0.15, 0.2) is 6.61 Å². The number of amides is 2. The second-order valence-electron chi connectivity index (χ2n) is 6.89. The Balaban J connectivity index is 1.43. The van der Waals surface area contributed by atoms with Crippen LogP contribution in [0.25, 0.3) is 0 Å². The molecule has 0 aliphatic carbocycles. The summed E-state index contributed by atoms with van der Waals surface area (Å²) in [6.45, 7) is 6.21. The van der Waals surface area contributed by atoms with E-state index in [0.29, 0.717) is 18.8 Å². The van der Waals surface area contributed by atoms with Crippen LogP contribution < -0.4 is 15.0 Å². The smallest absolute Gasteiger partial charge is 0.258 e. The highest BCUT2D eigenvalue weighted by atomic mass is 16.5. The van der Waals surface area contributed by atoms with Crippen molar-refractivity contribution >= 4 is 17.6 Å². The van der Waals surface area contributed by atoms with Crippen LogP contribution in [-0.2, 0) is 9.59 Å². The van der Waals surface area contributed by atoms with E-state index >= 15 is 0 Å². The lowest BCUT2D eigenvalue weighted by Crippen LogP contribution is -2.54. The van der Waals surface area contributed by atoms with Crippen LogP contribution in [0, 0.1) is 6.92 Å². The number of hydrogen-bond acceptors (Lipinski definition) is 5. The van der Waals surface area contributed by atoms with Crippen LogP contribution in [0.5, 0.6) is 5.75 Å². The average molecular weight is 382 g/mol. The fraction of sp³-hybridized carbons (Fsp3) is 0.381. The van der Waals surface area contributed by atoms with Crippen molar-refractivity contribution in [3.8, 4) is 5.75 Å². The highest BCUT2D eigenvalue weighted by molar-refractivity contribution is 5.88. The summed E-state index contributed by atoms with van der Waals surface area (Å²) in [4.78, 5) is 33.0. The predicted molar refractivity (Wildman–Crippen MR) is 107 cm³/mol. The molecule has 0 unspecified atom stereocenters. The van der Waals surface area contributed by atoms with Gasteiger partial charge in [0.1, 0.15) is 17.6 Å². The first kappa shape index (κ1) is 19.7. The van der Waals surface area contributed by atoms with Gasteiger partial charge in [0.05, 0.1) is 0 Å². The summed E-state index contributed by atoms with van der Waals surface area (Å²) in [6, 6.07) is 12.7. The molecule has 3 rings (SSSR count). The van der Waals surface area contributed by atoms with Crippen LogP contribution in [-0.4, -0.2) is 60.5 Å². The molecule has 0 radical (unpaired) electrons. The fourth-order valence-corrected chi connectivity index (χ4v) is 3.17. The molecule has 0 spiro atoms. The minimum absolute atomic E-state index is 0.0791. The molecule has 2 heterocycles. The standard InChI is InChI=1S/C21H26N4O3/c1-16-6-5-7-18(14-16)28-15-20(26)23-17(2)21(27)25-12-10-24(11-13-25)19-8-3-4-9-22-19/h3-9,14,17H,10-13,15H2,1-2H3,(H,23,26)/t17-/m0/s1. The van der Waals surface area contributed by atoms with Gasteiger partial charge in [0.25, 0.3) is 5.91 Å². The molecule has 7 heteroatoms. The molecule has 148 valence electrons. The molecular formula is C21H26N4O3. The summed E-state index contributed by atoms with van der Waals surface area (Å²) < 4.78 is 5.49. The van der Waals surface area contributed by atoms with E-state index in [1.807, 2.05) is 43.3 Å². The van der Waals surface area contributed by atoms with E-state index in [1.165, 1.54) is 0 Å². The molecule has 0 bridgehead atoms. The van der Waals surface area contributed by atoms with Crippen molar-refractivity contribution in [2.75, 3.05) is 37.7 Å². The molecule has 0 saturated carbocycles. The van der Waals surface area contributed by atoms with E-state index in [0.717, 1.165) is 24.5 Å². The van der Waals surface area contributed by atoms with Gasteiger partial charge in [-0.15, -0.1) is 0 Å². The van der Waals surface area contributed by atoms with E-state index < -0.39 is 6.04 Å². The van der Waals surface area contributed by atoms with Gasteiger partial charge >= 0.3 is 0 Å². The normalized spacial score (nSPS) is 15.1. The molecule has 1 atom stereocenters. The summed E-state index contributed by atoms with van der Waals surface area (Å²) in [5.74, 6) is 1.17. The van der Waals surface area contributed by atoms with Crippen molar-refractivity contribution in [1.82, 2.24) is 15.2 Å². The molecule has 1 aromatic carbocycles. The fourth-order valence-electron chi connectivity index (χ4n) is 3.17. The van der Waals surface area contributed by atoms with E-state index in [-0.39, 0.29) is 18.4 Å². The Bertz CT molecular complexity index is 804. The largest absolute Gasteiger partial charge is 0.484 e. The lowest BCUT2D eigenvalue weighted by atomic mass is 10.2. The SMILES string of the molecule is Cc1cccc(OCC(=O)N[C@@H](C)C(=O)N2CCN(c3ccccn3)CC2)c1. The Labute approximate surface area is 165 Å². The molecule has 2 aromatic rings. The molecule has 1 N–H and O–H groups in total. The number of carbonyl (C=O) groups excluding carboxylic acids is 2. The van der Waals surface area contributed by atoms with Crippen LogP contribution in [0.1, 0.15) is 12.5 Å². The van der Waals surface area contributed by atoms with E-state index in [4.69, 9.17) is 4.74 Å². The van der Waals surface area contributed by atoms with Crippen molar-refractivity contribution in [3.63, 3.8) is 0 Å². The lowest BCUT2D eigenvalue weighted by molar-refractivity contribution is -0.136. The van der Waals surface area contributed by atoms with Gasteiger partial charge < -0.3 is 19.9 Å². The maximum atomic E-state index is 12.6. The van der Waals surface area contributed by atoms with Crippen LogP contribution in [0.4, 0.5) is 5.82 Å². The average Bonchev–Trinajstić information content (AvgIpc) is 2.72. The van der Waals surface area contributed by atoms with Gasteiger partial charge in [-0.3, -0.25) is 9.59 Å². The number of nitrogens with zero attached hydrogens (tertiary/aromatic N) is 3. The summed E-state index contributed by atoms with van der Waals surface area (Å²) in [5, 5.41) is 2.72. The van der Waals surface area contributed by atoms with Gasteiger partial charge in [-0.2, -0.15) is 0 Å². The molecule has 7 nitrogen and oxygen atoms in total. The Kier molecular flexibility index (Phi) is 6.47. The zero-order chi connectivity index (χ0) is 19.9. The number of aromatic nitrogens is 1. The first-order chi connectivity index (χ1) is 13.5. The summed E-state index contributed by atoms with van der Waals surface area (Å²) >= 11 is 0. The summed E-state index contributed by atoms with van der Waals surface area (Å²) in [7, 11) is 0. The van der Waals surface area contributed by atoms with Crippen molar-refractivity contribution in [1.29, 1.82) is 0 Å². The second kappa shape index (κ2) is 9.21. The Morgan fingerprint density at radius 2 is 1.93 bits per heavy atom. The Morgan fingerprint density at radius 1 is 1.14 bits per heavy atom. The number of carbonyl (C=O) groups is 2. The number of ether oxygens (including phenoxy) is 1. The van der Waals surface area contributed by atoms with Crippen LogP contribution in [0.3, 0.4) is 0 Å². The van der Waals surface area contributed by atoms with Crippen molar-refractivity contribution < 1.29 is 14.3 Å². The Hall–Kier alpha value is -3.09. The first-order valence-corrected chi connectivity index (χ1v) is 9.46. The minimum atomic E-state index is -0.588. The van der Waals surface area contributed by atoms with Crippen LogP contribution >= 0.6 is 0 Å². The van der Waals surface area contributed by atoms with E-state index in [1.54, 1.807) is 24.1 Å². The molecule has 1 saturated heterocycles. The maximum Gasteiger partial charge on any atom is 0.258 e. The predicted octanol–water partition coefficient (Wildman–Crippen LogP) is 1.62. The third-order valence-electron chi connectivity index (χ3n) is 4.67. The molecule has 28 heavy (non-hydrogen) atoms. The highest BCUT2D eigenvalue weighted by Crippen LogP contribution is 2.14. The molecule has 1 aliphatic rings. The van der Waals surface area contributed by atoms with Gasteiger partial charge in [-0.25, -0.2) is 4.98 Å². The second-order valence-corrected chi connectivity index (χ2v) is 6.89. The molecule has 1 fully saturated rings. The van der Waals surface area contributed by atoms with Gasteiger partial charge in [-0.1, -0.05) is 18.2 Å². The molecule has 1 aliphatic heterocycles. The molecule has 2 amide bonds. The first-order valence-electron chi connectivity index (χ1n) is 9.46. The summed E-state index contributed by atoms with van der Waals surface area (Å²) in [5.41, 5.74) is 1.06. The molecular weight excluding hydrogens is 356 g/mol. The minimum Gasteiger partial charge on any atom is -0.484 e. The number of benzene rings is 1. The third-order valence-corrected chi connectivity index (χ3v) is 4.67.